The Kier molecular flexibility index (Phi) is 8.92. The minimum Gasteiger partial charge on any atom is -0.506 e. The highest BCUT2D eigenvalue weighted by molar-refractivity contribution is 6.34. The molecule has 0 aromatic carbocycles. The van der Waals surface area contributed by atoms with E-state index in [9.17, 15) is 0 Å². The number of hydrogen-bond donors (Lipinski definition) is 1. The third kappa shape index (κ3) is 7.19. The minimum absolute atomic E-state index is 0.129. The molecule has 1 N–H and O–H groups in total. The molecule has 6 heterocycles. The fourth-order valence-electron chi connectivity index (χ4n) is 2.76. The average molecular weight is 562 g/mol. The lowest BCUT2D eigenvalue weighted by atomic mass is 10.2. The van der Waals surface area contributed by atoms with Crippen LogP contribution in [0.4, 0.5) is 0 Å². The fourth-order valence-corrected chi connectivity index (χ4v) is 3.30. The van der Waals surface area contributed by atoms with Crippen LogP contribution in [0.1, 0.15) is 11.8 Å². The Labute approximate surface area is 223 Å². The predicted octanol–water partition coefficient (Wildman–Crippen LogP) is 5.04. The number of ether oxygens (including phenoxy) is 1. The van der Waals surface area contributed by atoms with Gasteiger partial charge in [-0.3, -0.25) is 0 Å². The highest BCUT2D eigenvalue weighted by Crippen LogP contribution is 2.23. The third-order valence-electron chi connectivity index (χ3n) is 4.36. The Hall–Kier alpha value is -4.13. The van der Waals surface area contributed by atoms with Gasteiger partial charge in [0.05, 0.1) is 12.4 Å². The molecule has 0 bridgehead atoms. The molecule has 0 fully saturated rings. The number of pyridine rings is 4. The van der Waals surface area contributed by atoms with Gasteiger partial charge < -0.3 is 18.9 Å². The van der Waals surface area contributed by atoms with Crippen LogP contribution in [0.15, 0.2) is 70.8 Å². The fraction of sp³-hybridized carbons (Fsp3) is 0.0909. The highest BCUT2D eigenvalue weighted by Gasteiger charge is 2.05. The first kappa shape index (κ1) is 25.9. The lowest BCUT2D eigenvalue weighted by molar-refractivity contribution is 0.242. The van der Waals surface area contributed by atoms with Gasteiger partial charge in [0.25, 0.3) is 5.89 Å². The molecule has 12 nitrogen and oxygen atoms in total. The van der Waals surface area contributed by atoms with Gasteiger partial charge >= 0.3 is 0 Å². The monoisotopic (exact) mass is 560 g/mol. The van der Waals surface area contributed by atoms with Crippen molar-refractivity contribution in [1.29, 1.82) is 0 Å². The van der Waals surface area contributed by atoms with Crippen molar-refractivity contribution >= 4 is 56.6 Å². The van der Waals surface area contributed by atoms with Gasteiger partial charge in [-0.2, -0.15) is 9.97 Å². The number of fused-ring (bicyclic) bond motifs is 2. The summed E-state index contributed by atoms with van der Waals surface area (Å²) in [6, 6.07) is 6.98. The van der Waals surface area contributed by atoms with E-state index in [1.807, 2.05) is 12.1 Å². The molecule has 0 aliphatic carbocycles. The largest absolute Gasteiger partial charge is 0.506 e. The van der Waals surface area contributed by atoms with Crippen LogP contribution in [0, 0.1) is 0 Å². The molecule has 6 aromatic rings. The van der Waals surface area contributed by atoms with Crippen molar-refractivity contribution in [3.63, 3.8) is 0 Å². The summed E-state index contributed by atoms with van der Waals surface area (Å²) in [6.07, 6.45) is 8.75. The summed E-state index contributed by atoms with van der Waals surface area (Å²) < 4.78 is 14.8. The van der Waals surface area contributed by atoms with Gasteiger partial charge in [-0.25, -0.2) is 19.9 Å². The van der Waals surface area contributed by atoms with Crippen molar-refractivity contribution < 1.29 is 18.9 Å². The molecule has 0 aliphatic rings. The third-order valence-corrected chi connectivity index (χ3v) is 5.14. The topological polar surface area (TPSA) is 159 Å². The molecule has 0 saturated heterocycles. The Morgan fingerprint density at radius 1 is 0.757 bits per heavy atom. The van der Waals surface area contributed by atoms with Crippen molar-refractivity contribution in [2.24, 2.45) is 0 Å². The second-order valence-electron chi connectivity index (χ2n) is 6.80. The van der Waals surface area contributed by atoms with E-state index >= 15 is 0 Å². The molecule has 0 amide bonds. The second-order valence-corrected chi connectivity index (χ2v) is 7.79. The van der Waals surface area contributed by atoms with Gasteiger partial charge in [-0.05, 0) is 24.3 Å². The summed E-state index contributed by atoms with van der Waals surface area (Å²) in [5, 5.41) is 18.3. The van der Waals surface area contributed by atoms with E-state index in [1.165, 1.54) is 18.9 Å². The maximum absolute atomic E-state index is 9.10. The molecule has 188 valence electrons. The van der Waals surface area contributed by atoms with E-state index in [0.29, 0.717) is 44.8 Å². The smallest absolute Gasteiger partial charge is 0.264 e. The number of hydrogen-bond acceptors (Lipinski definition) is 12. The SMILES string of the molecule is ClCc1ncno1.Clc1nccc2cc(OCc3ncno3)cnc12.Oc1cnc2c(Cl)nccc2c1. The number of aromatic hydroxyl groups is 1. The van der Waals surface area contributed by atoms with Crippen molar-refractivity contribution in [3.05, 3.63) is 83.8 Å². The molecule has 0 aliphatic heterocycles. The normalized spacial score (nSPS) is 10.4. The van der Waals surface area contributed by atoms with Crippen LogP contribution >= 0.6 is 34.8 Å². The van der Waals surface area contributed by atoms with E-state index in [4.69, 9.17) is 49.2 Å². The summed E-state index contributed by atoms with van der Waals surface area (Å²) in [7, 11) is 0. The molecular weight excluding hydrogens is 547 g/mol. The van der Waals surface area contributed by atoms with E-state index in [2.05, 4.69) is 44.7 Å². The molecule has 0 saturated carbocycles. The second kappa shape index (κ2) is 12.7. The number of halogens is 3. The Morgan fingerprint density at radius 2 is 1.35 bits per heavy atom. The summed E-state index contributed by atoms with van der Waals surface area (Å²) >= 11 is 16.9. The first-order valence-electron chi connectivity index (χ1n) is 10.2. The number of aromatic nitrogens is 8. The first-order valence-corrected chi connectivity index (χ1v) is 11.5. The van der Waals surface area contributed by atoms with Gasteiger partial charge in [0.15, 0.2) is 29.6 Å². The van der Waals surface area contributed by atoms with Crippen LogP contribution in [0.25, 0.3) is 21.8 Å². The van der Waals surface area contributed by atoms with Crippen molar-refractivity contribution in [2.45, 2.75) is 12.5 Å². The van der Waals surface area contributed by atoms with Crippen LogP contribution in [-0.4, -0.2) is 45.3 Å². The molecular formula is C22H15Cl3N8O4. The van der Waals surface area contributed by atoms with Gasteiger partial charge in [-0.1, -0.05) is 33.5 Å². The number of nitrogens with zero attached hydrogens (tertiary/aromatic N) is 8. The van der Waals surface area contributed by atoms with Gasteiger partial charge in [0.2, 0.25) is 5.89 Å². The van der Waals surface area contributed by atoms with Crippen LogP contribution in [0.5, 0.6) is 11.5 Å². The number of alkyl halides is 1. The highest BCUT2D eigenvalue weighted by atomic mass is 35.5. The maximum atomic E-state index is 9.10. The molecule has 15 heteroatoms. The van der Waals surface area contributed by atoms with Crippen LogP contribution in [0.2, 0.25) is 10.3 Å². The lowest BCUT2D eigenvalue weighted by Crippen LogP contribution is -1.96. The predicted molar refractivity (Wildman–Crippen MR) is 133 cm³/mol. The average Bonchev–Trinajstić information content (AvgIpc) is 3.63. The lowest BCUT2D eigenvalue weighted by Gasteiger charge is -2.04. The Bertz CT molecular complexity index is 1570. The molecule has 37 heavy (non-hydrogen) atoms. The molecule has 6 rings (SSSR count). The first-order chi connectivity index (χ1) is 18.0. The molecule has 0 atom stereocenters. The van der Waals surface area contributed by atoms with E-state index in [0.717, 1.165) is 10.8 Å². The van der Waals surface area contributed by atoms with Crippen molar-refractivity contribution in [2.75, 3.05) is 0 Å². The van der Waals surface area contributed by atoms with Crippen molar-refractivity contribution in [1.82, 2.24) is 40.2 Å². The molecule has 0 spiro atoms. The summed E-state index contributed by atoms with van der Waals surface area (Å²) in [5.41, 5.74) is 1.25. The van der Waals surface area contributed by atoms with E-state index in [1.54, 1.807) is 30.7 Å². The van der Waals surface area contributed by atoms with E-state index in [-0.39, 0.29) is 12.4 Å². The van der Waals surface area contributed by atoms with Gasteiger partial charge in [0, 0.05) is 23.2 Å². The zero-order valence-corrected chi connectivity index (χ0v) is 20.8. The van der Waals surface area contributed by atoms with Crippen LogP contribution < -0.4 is 4.74 Å². The van der Waals surface area contributed by atoms with Crippen LogP contribution in [0.3, 0.4) is 0 Å². The zero-order valence-electron chi connectivity index (χ0n) is 18.6. The standard InChI is InChI=1S/C11H7ClN4O2.C8H5ClN2O.C3H3ClN2O/c12-11-10-7(1-2-13-11)3-8(4-14-10)17-5-9-15-6-16-18-9;9-8-7-5(1-2-10-8)3-6(12)4-11-7;4-1-3-5-2-6-7-3/h1-4,6H,5H2;1-4,12H;2H,1H2. The molecule has 6 aromatic heterocycles. The summed E-state index contributed by atoms with van der Waals surface area (Å²) in [5.74, 6) is 1.89. The number of rotatable bonds is 4. The van der Waals surface area contributed by atoms with Gasteiger partial charge in [-0.15, -0.1) is 11.6 Å². The summed E-state index contributed by atoms with van der Waals surface area (Å²) in [4.78, 5) is 23.4. The van der Waals surface area contributed by atoms with Crippen molar-refractivity contribution in [3.8, 4) is 11.5 Å². The maximum Gasteiger partial charge on any atom is 0.264 e. The summed E-state index contributed by atoms with van der Waals surface area (Å²) in [6.45, 7) is 0.200. The quantitative estimate of drug-likeness (QED) is 0.226. The molecule has 0 unspecified atom stereocenters. The molecule has 0 radical (unpaired) electrons. The van der Waals surface area contributed by atoms with Gasteiger partial charge in [0.1, 0.15) is 28.4 Å². The van der Waals surface area contributed by atoms with Crippen LogP contribution in [-0.2, 0) is 12.5 Å². The Balaban J connectivity index is 0.000000144. The van der Waals surface area contributed by atoms with E-state index < -0.39 is 0 Å². The zero-order chi connectivity index (χ0) is 26.0. The minimum atomic E-state index is 0.129. The Morgan fingerprint density at radius 3 is 1.92 bits per heavy atom.